The summed E-state index contributed by atoms with van der Waals surface area (Å²) in [4.78, 5) is 0. The van der Waals surface area contributed by atoms with Crippen LogP contribution in [0.5, 0.6) is 0 Å². The molecule has 0 aromatic heterocycles. The molecule has 0 aromatic carbocycles. The normalized spacial score (nSPS) is 11.9. The number of hydrogen-bond acceptors (Lipinski definition) is 1. The highest BCUT2D eigenvalue weighted by molar-refractivity contribution is 6.73. The molecule has 0 N–H and O–H groups in total. The van der Waals surface area contributed by atoms with Gasteiger partial charge in [-0.25, -0.2) is 0 Å². The van der Waals surface area contributed by atoms with Crippen LogP contribution in [-0.4, -0.2) is 8.32 Å². The van der Waals surface area contributed by atoms with Crippen LogP contribution in [0.3, 0.4) is 0 Å². The Bertz CT molecular complexity index is 140. The van der Waals surface area contributed by atoms with Gasteiger partial charge in [0.1, 0.15) is 0 Å². The summed E-state index contributed by atoms with van der Waals surface area (Å²) in [6.07, 6.45) is 5.42. The Hall–Kier alpha value is -0.503. The van der Waals surface area contributed by atoms with Crippen LogP contribution in [0.2, 0.25) is 18.1 Å². The smallest absolute Gasteiger partial charge is 0.249 e. The fourth-order valence-electron chi connectivity index (χ4n) is 1.24. The number of rotatable bonds is 6. The summed E-state index contributed by atoms with van der Waals surface area (Å²) < 4.78 is 5.80. The van der Waals surface area contributed by atoms with E-state index in [-0.39, 0.29) is 0 Å². The van der Waals surface area contributed by atoms with Crippen LogP contribution < -0.4 is 0 Å². The van der Waals surface area contributed by atoms with Crippen LogP contribution in [0.1, 0.15) is 20.8 Å². The molecule has 1 nitrogen and oxygen atoms in total. The van der Waals surface area contributed by atoms with Gasteiger partial charge in [-0.1, -0.05) is 33.4 Å². The van der Waals surface area contributed by atoms with Crippen molar-refractivity contribution in [2.75, 3.05) is 0 Å². The van der Waals surface area contributed by atoms with Crippen molar-refractivity contribution in [1.29, 1.82) is 0 Å². The molecule has 0 unspecified atom stereocenters. The maximum atomic E-state index is 5.80. The van der Waals surface area contributed by atoms with Crippen molar-refractivity contribution < 1.29 is 4.43 Å². The first kappa shape index (κ1) is 11.5. The highest BCUT2D eigenvalue weighted by Crippen LogP contribution is 2.21. The van der Waals surface area contributed by atoms with Crippen molar-refractivity contribution >= 4 is 8.32 Å². The average Bonchev–Trinajstić information content (AvgIpc) is 2.14. The Morgan fingerprint density at radius 1 is 1.17 bits per heavy atom. The molecular formula is C10H20OSi. The van der Waals surface area contributed by atoms with Gasteiger partial charge in [-0.3, -0.25) is 0 Å². The van der Waals surface area contributed by atoms with Crippen molar-refractivity contribution in [3.05, 3.63) is 25.0 Å². The first-order valence-electron chi connectivity index (χ1n) is 4.70. The minimum absolute atomic E-state index is 1.20. The van der Waals surface area contributed by atoms with Gasteiger partial charge in [0, 0.05) is 0 Å². The Kier molecular flexibility index (Phi) is 5.81. The molecule has 70 valence electrons. The van der Waals surface area contributed by atoms with Gasteiger partial charge in [0.25, 0.3) is 0 Å². The molecule has 0 fully saturated rings. The fourth-order valence-corrected chi connectivity index (χ4v) is 3.61. The summed E-state index contributed by atoms with van der Waals surface area (Å²) in [6.45, 7) is 10.3. The van der Waals surface area contributed by atoms with Gasteiger partial charge in [0.15, 0.2) is 0 Å². The maximum Gasteiger partial charge on any atom is 0.249 e. The second-order valence-corrected chi connectivity index (χ2v) is 7.65. The molecule has 0 aliphatic carbocycles. The van der Waals surface area contributed by atoms with E-state index in [1.54, 1.807) is 12.3 Å². The second-order valence-electron chi connectivity index (χ2n) is 2.93. The molecule has 0 saturated carbocycles. The van der Waals surface area contributed by atoms with Crippen LogP contribution in [0.15, 0.2) is 25.0 Å². The molecule has 0 rings (SSSR count). The molecule has 0 radical (unpaired) electrons. The van der Waals surface area contributed by atoms with Gasteiger partial charge in [-0.15, -0.1) is 0 Å². The Balaban J connectivity index is 4.10. The summed E-state index contributed by atoms with van der Waals surface area (Å²) in [5, 5.41) is 0. The molecule has 0 heterocycles. The van der Waals surface area contributed by atoms with Crippen molar-refractivity contribution in [3.8, 4) is 0 Å². The fraction of sp³-hybridized carbons (Fsp3) is 0.600. The van der Waals surface area contributed by atoms with E-state index in [4.69, 9.17) is 4.43 Å². The van der Waals surface area contributed by atoms with Crippen molar-refractivity contribution in [1.82, 2.24) is 0 Å². The minimum atomic E-state index is -1.39. The third kappa shape index (κ3) is 3.26. The van der Waals surface area contributed by atoms with E-state index < -0.39 is 8.32 Å². The Morgan fingerprint density at radius 2 is 1.67 bits per heavy atom. The number of hydrogen-bond donors (Lipinski definition) is 0. The van der Waals surface area contributed by atoms with E-state index in [9.17, 15) is 0 Å². The molecule has 0 spiro atoms. The minimum Gasteiger partial charge on any atom is -0.549 e. The van der Waals surface area contributed by atoms with E-state index >= 15 is 0 Å². The zero-order chi connectivity index (χ0) is 9.45. The second kappa shape index (κ2) is 6.06. The molecule has 0 aliphatic heterocycles. The molecule has 12 heavy (non-hydrogen) atoms. The van der Waals surface area contributed by atoms with Gasteiger partial charge < -0.3 is 4.43 Å². The molecule has 0 bridgehead atoms. The zero-order valence-corrected chi connectivity index (χ0v) is 9.47. The molecular weight excluding hydrogens is 164 g/mol. The van der Waals surface area contributed by atoms with Crippen LogP contribution >= 0.6 is 0 Å². The van der Waals surface area contributed by atoms with Crippen LogP contribution in [0.4, 0.5) is 0 Å². The van der Waals surface area contributed by atoms with Gasteiger partial charge in [-0.05, 0) is 24.2 Å². The summed E-state index contributed by atoms with van der Waals surface area (Å²) in [5.41, 5.74) is 0. The lowest BCUT2D eigenvalue weighted by Crippen LogP contribution is -2.33. The van der Waals surface area contributed by atoms with E-state index in [1.807, 2.05) is 6.08 Å². The van der Waals surface area contributed by atoms with Crippen LogP contribution in [0.25, 0.3) is 0 Å². The lowest BCUT2D eigenvalue weighted by molar-refractivity contribution is 0.458. The Labute approximate surface area is 77.3 Å². The summed E-state index contributed by atoms with van der Waals surface area (Å²) in [7, 11) is -1.39. The zero-order valence-electron chi connectivity index (χ0n) is 8.47. The SMILES string of the molecule is C=C/C=C/O[Si](CC)(CC)CC. The summed E-state index contributed by atoms with van der Waals surface area (Å²) in [5.74, 6) is 0. The molecule has 0 aromatic rings. The van der Waals surface area contributed by atoms with Gasteiger partial charge in [0.05, 0.1) is 6.26 Å². The molecule has 0 amide bonds. The molecule has 0 saturated heterocycles. The highest BCUT2D eigenvalue weighted by Gasteiger charge is 2.28. The maximum absolute atomic E-state index is 5.80. The standard InChI is InChI=1S/C10H20OSi/c1-5-9-10-11-12(6-2,7-3)8-4/h5,9-10H,1,6-8H2,2-4H3/b10-9+. The predicted molar refractivity (Wildman–Crippen MR) is 57.6 cm³/mol. The Morgan fingerprint density at radius 3 is 2.00 bits per heavy atom. The molecule has 0 atom stereocenters. The quantitative estimate of drug-likeness (QED) is 0.347. The van der Waals surface area contributed by atoms with Gasteiger partial charge in [-0.2, -0.15) is 0 Å². The predicted octanol–water partition coefficient (Wildman–Crippen LogP) is 3.71. The van der Waals surface area contributed by atoms with Crippen molar-refractivity contribution in [2.24, 2.45) is 0 Å². The van der Waals surface area contributed by atoms with Crippen LogP contribution in [0, 0.1) is 0 Å². The third-order valence-electron chi connectivity index (χ3n) is 2.47. The van der Waals surface area contributed by atoms with Crippen molar-refractivity contribution in [3.63, 3.8) is 0 Å². The van der Waals surface area contributed by atoms with Gasteiger partial charge >= 0.3 is 0 Å². The first-order chi connectivity index (χ1) is 5.74. The lowest BCUT2D eigenvalue weighted by Gasteiger charge is -2.26. The highest BCUT2D eigenvalue weighted by atomic mass is 28.4. The lowest BCUT2D eigenvalue weighted by atomic mass is 10.6. The molecule has 2 heteroatoms. The topological polar surface area (TPSA) is 9.23 Å². The summed E-state index contributed by atoms with van der Waals surface area (Å²) >= 11 is 0. The van der Waals surface area contributed by atoms with E-state index in [1.165, 1.54) is 18.1 Å². The average molecular weight is 184 g/mol. The molecule has 0 aliphatic rings. The van der Waals surface area contributed by atoms with Gasteiger partial charge in [0.2, 0.25) is 8.32 Å². The largest absolute Gasteiger partial charge is 0.549 e. The van der Waals surface area contributed by atoms with E-state index in [0.717, 1.165) is 0 Å². The van der Waals surface area contributed by atoms with Crippen molar-refractivity contribution in [2.45, 2.75) is 38.9 Å². The summed E-state index contributed by atoms with van der Waals surface area (Å²) in [6, 6.07) is 3.59. The monoisotopic (exact) mass is 184 g/mol. The first-order valence-corrected chi connectivity index (χ1v) is 7.23. The van der Waals surface area contributed by atoms with E-state index in [0.29, 0.717) is 0 Å². The number of allylic oxidation sites excluding steroid dienone is 2. The van der Waals surface area contributed by atoms with Crippen LogP contribution in [-0.2, 0) is 4.43 Å². The third-order valence-corrected chi connectivity index (χ3v) is 6.97. The van der Waals surface area contributed by atoms with E-state index in [2.05, 4.69) is 27.4 Å².